The lowest BCUT2D eigenvalue weighted by Crippen LogP contribution is -2.11. The molecule has 1 aliphatic heterocycles. The maximum atomic E-state index is 3.78. The Morgan fingerprint density at radius 2 is 1.73 bits per heavy atom. The van der Waals surface area contributed by atoms with Crippen molar-refractivity contribution in [2.75, 3.05) is 13.1 Å². The van der Waals surface area contributed by atoms with E-state index in [1.807, 2.05) is 6.20 Å². The van der Waals surface area contributed by atoms with E-state index in [9.17, 15) is 0 Å². The molecule has 1 fully saturated rings. The van der Waals surface area contributed by atoms with Crippen LogP contribution in [0.4, 0.5) is 0 Å². The first-order valence-corrected chi connectivity index (χ1v) is 4.12. The van der Waals surface area contributed by atoms with Crippen LogP contribution in [0.15, 0.2) is 37.1 Å². The maximum Gasteiger partial charge on any atom is 0.0241 e. The van der Waals surface area contributed by atoms with Crippen molar-refractivity contribution >= 4 is 0 Å². The number of fused-ring (bicyclic) bond motifs is 1. The number of hydrogen-bond acceptors (Lipinski definition) is 1. The van der Waals surface area contributed by atoms with Crippen LogP contribution in [0.5, 0.6) is 0 Å². The van der Waals surface area contributed by atoms with Gasteiger partial charge in [0.05, 0.1) is 0 Å². The normalized spacial score (nSPS) is 34.0. The Balaban J connectivity index is 2.11. The first-order chi connectivity index (χ1) is 5.40. The third-order valence-electron chi connectivity index (χ3n) is 2.53. The second-order valence-corrected chi connectivity index (χ2v) is 3.23. The second kappa shape index (κ2) is 2.57. The van der Waals surface area contributed by atoms with Crippen LogP contribution in [0, 0.1) is 11.8 Å². The van der Waals surface area contributed by atoms with Gasteiger partial charge >= 0.3 is 0 Å². The zero-order valence-corrected chi connectivity index (χ0v) is 6.61. The third kappa shape index (κ3) is 1.11. The van der Waals surface area contributed by atoms with Crippen molar-refractivity contribution in [2.24, 2.45) is 11.8 Å². The molecular formula is C10H13N. The van der Waals surface area contributed by atoms with Gasteiger partial charge in [0.1, 0.15) is 0 Å². The van der Waals surface area contributed by atoms with Gasteiger partial charge in [0, 0.05) is 24.9 Å². The van der Waals surface area contributed by atoms with E-state index in [2.05, 4.69) is 35.8 Å². The molecule has 1 aliphatic carbocycles. The molecule has 2 aliphatic rings. The van der Waals surface area contributed by atoms with E-state index < -0.39 is 0 Å². The van der Waals surface area contributed by atoms with Crippen LogP contribution in [0.2, 0.25) is 0 Å². The number of likely N-dealkylation sites (tertiary alicyclic amines) is 1. The molecule has 0 aromatic heterocycles. The Morgan fingerprint density at radius 1 is 1.18 bits per heavy atom. The highest BCUT2D eigenvalue weighted by Gasteiger charge is 2.27. The fourth-order valence-corrected chi connectivity index (χ4v) is 1.86. The lowest BCUT2D eigenvalue weighted by molar-refractivity contribution is 0.454. The van der Waals surface area contributed by atoms with Crippen LogP contribution in [-0.2, 0) is 0 Å². The zero-order chi connectivity index (χ0) is 7.68. The van der Waals surface area contributed by atoms with Gasteiger partial charge in [0.15, 0.2) is 0 Å². The summed E-state index contributed by atoms with van der Waals surface area (Å²) in [5.74, 6) is 1.47. The van der Waals surface area contributed by atoms with Gasteiger partial charge in [-0.3, -0.25) is 0 Å². The lowest BCUT2D eigenvalue weighted by atomic mass is 9.92. The van der Waals surface area contributed by atoms with Crippen molar-refractivity contribution in [1.29, 1.82) is 0 Å². The van der Waals surface area contributed by atoms with E-state index in [1.54, 1.807) is 0 Å². The van der Waals surface area contributed by atoms with E-state index in [0.717, 1.165) is 24.9 Å². The highest BCUT2D eigenvalue weighted by Crippen LogP contribution is 2.27. The van der Waals surface area contributed by atoms with Crippen molar-refractivity contribution < 1.29 is 0 Å². The largest absolute Gasteiger partial charge is 0.377 e. The predicted octanol–water partition coefficient (Wildman–Crippen LogP) is 1.80. The molecular weight excluding hydrogens is 134 g/mol. The SMILES string of the molecule is C=CN1CC2C=CC=CC2C1. The molecule has 2 atom stereocenters. The second-order valence-electron chi connectivity index (χ2n) is 3.23. The summed E-state index contributed by atoms with van der Waals surface area (Å²) in [6.07, 6.45) is 10.8. The van der Waals surface area contributed by atoms with Crippen LogP contribution < -0.4 is 0 Å². The fraction of sp³-hybridized carbons (Fsp3) is 0.400. The summed E-state index contributed by atoms with van der Waals surface area (Å²) < 4.78 is 0. The number of allylic oxidation sites excluding steroid dienone is 2. The average Bonchev–Trinajstić information content (AvgIpc) is 2.46. The molecule has 1 heterocycles. The average molecular weight is 147 g/mol. The van der Waals surface area contributed by atoms with E-state index >= 15 is 0 Å². The predicted molar refractivity (Wildman–Crippen MR) is 47.0 cm³/mol. The summed E-state index contributed by atoms with van der Waals surface area (Å²) in [4.78, 5) is 2.29. The molecule has 2 rings (SSSR count). The molecule has 1 heteroatoms. The quantitative estimate of drug-likeness (QED) is 0.546. The van der Waals surface area contributed by atoms with E-state index in [4.69, 9.17) is 0 Å². The number of nitrogens with zero attached hydrogens (tertiary/aromatic N) is 1. The minimum atomic E-state index is 0.734. The minimum absolute atomic E-state index is 0.734. The highest BCUT2D eigenvalue weighted by atomic mass is 15.1. The number of rotatable bonds is 1. The number of hydrogen-bond donors (Lipinski definition) is 0. The molecule has 58 valence electrons. The Labute approximate surface area is 67.7 Å². The summed E-state index contributed by atoms with van der Waals surface area (Å²) >= 11 is 0. The summed E-state index contributed by atoms with van der Waals surface area (Å²) in [6, 6.07) is 0. The van der Waals surface area contributed by atoms with E-state index in [-0.39, 0.29) is 0 Å². The van der Waals surface area contributed by atoms with Gasteiger partial charge in [-0.1, -0.05) is 30.9 Å². The van der Waals surface area contributed by atoms with E-state index in [1.165, 1.54) is 0 Å². The van der Waals surface area contributed by atoms with Crippen molar-refractivity contribution in [2.45, 2.75) is 0 Å². The van der Waals surface area contributed by atoms with Gasteiger partial charge in [-0.2, -0.15) is 0 Å². The minimum Gasteiger partial charge on any atom is -0.377 e. The lowest BCUT2D eigenvalue weighted by Gasteiger charge is -2.11. The summed E-state index contributed by atoms with van der Waals surface area (Å²) in [5.41, 5.74) is 0. The monoisotopic (exact) mass is 147 g/mol. The first kappa shape index (κ1) is 6.71. The molecule has 0 aromatic rings. The van der Waals surface area contributed by atoms with Crippen molar-refractivity contribution in [3.05, 3.63) is 37.1 Å². The molecule has 0 radical (unpaired) electrons. The fourth-order valence-electron chi connectivity index (χ4n) is 1.86. The molecule has 0 aromatic carbocycles. The Hall–Kier alpha value is -0.980. The Morgan fingerprint density at radius 3 is 2.18 bits per heavy atom. The van der Waals surface area contributed by atoms with Gasteiger partial charge in [-0.15, -0.1) is 0 Å². The van der Waals surface area contributed by atoms with Gasteiger partial charge < -0.3 is 4.90 Å². The first-order valence-electron chi connectivity index (χ1n) is 4.12. The summed E-state index contributed by atoms with van der Waals surface area (Å²) in [5, 5.41) is 0. The molecule has 0 bridgehead atoms. The van der Waals surface area contributed by atoms with Crippen LogP contribution in [0.25, 0.3) is 0 Å². The van der Waals surface area contributed by atoms with Crippen molar-refractivity contribution in [1.82, 2.24) is 4.90 Å². The smallest absolute Gasteiger partial charge is 0.0241 e. The topological polar surface area (TPSA) is 3.24 Å². The van der Waals surface area contributed by atoms with Crippen LogP contribution in [0.3, 0.4) is 0 Å². The standard InChI is InChI=1S/C10H13N/c1-2-11-7-9-5-3-4-6-10(9)8-11/h2-6,9-10H,1,7-8H2. The van der Waals surface area contributed by atoms with Crippen molar-refractivity contribution in [3.8, 4) is 0 Å². The van der Waals surface area contributed by atoms with Gasteiger partial charge in [0.25, 0.3) is 0 Å². The zero-order valence-electron chi connectivity index (χ0n) is 6.61. The molecule has 1 saturated heterocycles. The summed E-state index contributed by atoms with van der Waals surface area (Å²) in [7, 11) is 0. The Bertz CT molecular complexity index is 195. The molecule has 0 saturated carbocycles. The van der Waals surface area contributed by atoms with Crippen LogP contribution in [0.1, 0.15) is 0 Å². The van der Waals surface area contributed by atoms with Crippen LogP contribution >= 0.6 is 0 Å². The Kier molecular flexibility index (Phi) is 1.57. The molecule has 0 N–H and O–H groups in total. The molecule has 0 spiro atoms. The van der Waals surface area contributed by atoms with Crippen molar-refractivity contribution in [3.63, 3.8) is 0 Å². The van der Waals surface area contributed by atoms with E-state index in [0.29, 0.717) is 0 Å². The molecule has 1 nitrogen and oxygen atoms in total. The third-order valence-corrected chi connectivity index (χ3v) is 2.53. The van der Waals surface area contributed by atoms with Gasteiger partial charge in [-0.05, 0) is 6.20 Å². The van der Waals surface area contributed by atoms with Gasteiger partial charge in [-0.25, -0.2) is 0 Å². The van der Waals surface area contributed by atoms with Crippen LogP contribution in [-0.4, -0.2) is 18.0 Å². The van der Waals surface area contributed by atoms with Gasteiger partial charge in [0.2, 0.25) is 0 Å². The molecule has 0 amide bonds. The highest BCUT2D eigenvalue weighted by molar-refractivity contribution is 5.17. The molecule has 11 heavy (non-hydrogen) atoms. The maximum absolute atomic E-state index is 3.78. The molecule has 2 unspecified atom stereocenters. The summed E-state index contributed by atoms with van der Waals surface area (Å²) in [6.45, 7) is 6.07.